The quantitative estimate of drug-likeness (QED) is 0.686. The van der Waals surface area contributed by atoms with Gasteiger partial charge in [-0.15, -0.1) is 0 Å². The van der Waals surface area contributed by atoms with Crippen molar-refractivity contribution in [2.75, 3.05) is 6.54 Å². The van der Waals surface area contributed by atoms with E-state index in [2.05, 4.69) is 25.7 Å². The van der Waals surface area contributed by atoms with Crippen LogP contribution in [0.5, 0.6) is 0 Å². The van der Waals surface area contributed by atoms with Gasteiger partial charge in [0, 0.05) is 24.4 Å². The summed E-state index contributed by atoms with van der Waals surface area (Å²) in [4.78, 5) is 30.9. The summed E-state index contributed by atoms with van der Waals surface area (Å²) >= 11 is 0. The van der Waals surface area contributed by atoms with Gasteiger partial charge in [0.25, 0.3) is 5.91 Å². The van der Waals surface area contributed by atoms with Gasteiger partial charge in [-0.25, -0.2) is 0 Å². The van der Waals surface area contributed by atoms with Crippen molar-refractivity contribution >= 4 is 11.8 Å². The minimum atomic E-state index is -0.250. The van der Waals surface area contributed by atoms with Gasteiger partial charge >= 0.3 is 0 Å². The van der Waals surface area contributed by atoms with Crippen molar-refractivity contribution in [3.05, 3.63) is 64.6 Å². The molecule has 4 rings (SSSR count). The highest BCUT2D eigenvalue weighted by atomic mass is 16.5. The van der Waals surface area contributed by atoms with E-state index in [-0.39, 0.29) is 18.2 Å². The summed E-state index contributed by atoms with van der Waals surface area (Å²) in [6.45, 7) is 3.07. The number of rotatable bonds is 5. The highest BCUT2D eigenvalue weighted by Gasteiger charge is 2.27. The van der Waals surface area contributed by atoms with E-state index < -0.39 is 0 Å². The third-order valence-electron chi connectivity index (χ3n) is 4.66. The number of carbonyl (C=O) groups excluding carboxylic acids is 2. The minimum Gasteiger partial charge on any atom is -0.361 e. The van der Waals surface area contributed by atoms with Crippen LogP contribution in [0.15, 0.2) is 35.0 Å². The number of carbonyl (C=O) groups is 2. The predicted octanol–water partition coefficient (Wildman–Crippen LogP) is 1.16. The molecule has 28 heavy (non-hydrogen) atoms. The van der Waals surface area contributed by atoms with Crippen LogP contribution < -0.4 is 5.32 Å². The third-order valence-corrected chi connectivity index (χ3v) is 4.66. The lowest BCUT2D eigenvalue weighted by Gasteiger charge is -2.26. The molecule has 0 aromatic carbocycles. The molecule has 0 saturated heterocycles. The Labute approximate surface area is 161 Å². The first-order chi connectivity index (χ1) is 13.6. The van der Waals surface area contributed by atoms with E-state index in [9.17, 15) is 9.59 Å². The Morgan fingerprint density at radius 2 is 2.25 bits per heavy atom. The fourth-order valence-corrected chi connectivity index (χ4v) is 3.24. The monoisotopic (exact) mass is 380 g/mol. The van der Waals surface area contributed by atoms with E-state index in [1.807, 2.05) is 25.1 Å². The first-order valence-electron chi connectivity index (χ1n) is 9.04. The maximum atomic E-state index is 12.5. The largest absolute Gasteiger partial charge is 0.361 e. The van der Waals surface area contributed by atoms with Gasteiger partial charge in [0.15, 0.2) is 5.69 Å². The van der Waals surface area contributed by atoms with Crippen molar-refractivity contribution in [2.45, 2.75) is 32.9 Å². The number of nitrogens with zero attached hydrogens (tertiary/aromatic N) is 4. The van der Waals surface area contributed by atoms with E-state index in [0.29, 0.717) is 37.5 Å². The van der Waals surface area contributed by atoms with E-state index in [4.69, 9.17) is 4.52 Å². The Morgan fingerprint density at radius 3 is 3.00 bits per heavy atom. The van der Waals surface area contributed by atoms with Crippen LogP contribution in [0, 0.1) is 6.92 Å². The molecule has 0 aliphatic carbocycles. The van der Waals surface area contributed by atoms with Crippen LogP contribution in [0.2, 0.25) is 0 Å². The van der Waals surface area contributed by atoms with E-state index in [0.717, 1.165) is 22.6 Å². The van der Waals surface area contributed by atoms with E-state index in [1.54, 1.807) is 17.2 Å². The SMILES string of the molecule is Cc1cc(CC(=O)N2CCc3c(C(=O)NCc4ccccn4)n[nH]c3C2)on1. The molecule has 0 atom stereocenters. The minimum absolute atomic E-state index is 0.0439. The first kappa shape index (κ1) is 17.9. The van der Waals surface area contributed by atoms with Gasteiger partial charge in [-0.2, -0.15) is 5.10 Å². The lowest BCUT2D eigenvalue weighted by Crippen LogP contribution is -2.37. The maximum absolute atomic E-state index is 12.5. The normalized spacial score (nSPS) is 13.2. The molecule has 9 heteroatoms. The zero-order valence-corrected chi connectivity index (χ0v) is 15.4. The zero-order chi connectivity index (χ0) is 19.5. The van der Waals surface area contributed by atoms with Gasteiger partial charge in [-0.05, 0) is 25.5 Å². The molecular weight excluding hydrogens is 360 g/mol. The van der Waals surface area contributed by atoms with Crippen molar-refractivity contribution in [1.82, 2.24) is 30.6 Å². The standard InChI is InChI=1S/C19H20N6O3/c1-12-8-14(28-24-12)9-17(26)25-7-5-15-16(11-25)22-23-18(15)19(27)21-10-13-4-2-3-6-20-13/h2-4,6,8H,5,7,9-11H2,1H3,(H,21,27)(H,22,23). The number of amides is 2. The summed E-state index contributed by atoms with van der Waals surface area (Å²) in [5.74, 6) is 0.255. The van der Waals surface area contributed by atoms with Gasteiger partial charge in [0.2, 0.25) is 5.91 Å². The van der Waals surface area contributed by atoms with E-state index >= 15 is 0 Å². The highest BCUT2D eigenvalue weighted by molar-refractivity contribution is 5.94. The number of pyridine rings is 1. The van der Waals surface area contributed by atoms with Crippen molar-refractivity contribution in [3.63, 3.8) is 0 Å². The summed E-state index contributed by atoms with van der Waals surface area (Å²) in [7, 11) is 0. The molecule has 0 unspecified atom stereocenters. The topological polar surface area (TPSA) is 117 Å². The molecule has 1 aliphatic heterocycles. The predicted molar refractivity (Wildman–Crippen MR) is 98.1 cm³/mol. The summed E-state index contributed by atoms with van der Waals surface area (Å²) in [6, 6.07) is 7.30. The van der Waals surface area contributed by atoms with Crippen LogP contribution in [-0.4, -0.2) is 43.6 Å². The second kappa shape index (κ2) is 7.63. The lowest BCUT2D eigenvalue weighted by molar-refractivity contribution is -0.131. The molecule has 0 spiro atoms. The van der Waals surface area contributed by atoms with Gasteiger partial charge < -0.3 is 14.7 Å². The van der Waals surface area contributed by atoms with Crippen molar-refractivity contribution in [1.29, 1.82) is 0 Å². The molecule has 1 aliphatic rings. The van der Waals surface area contributed by atoms with Gasteiger partial charge in [-0.1, -0.05) is 11.2 Å². The molecule has 4 heterocycles. The van der Waals surface area contributed by atoms with Gasteiger partial charge in [0.05, 0.1) is 36.6 Å². The molecule has 0 bridgehead atoms. The van der Waals surface area contributed by atoms with Gasteiger partial charge in [0.1, 0.15) is 5.76 Å². The second-order valence-electron chi connectivity index (χ2n) is 6.71. The van der Waals surface area contributed by atoms with E-state index in [1.165, 1.54) is 0 Å². The van der Waals surface area contributed by atoms with Crippen LogP contribution in [-0.2, 0) is 30.7 Å². The first-order valence-corrected chi connectivity index (χ1v) is 9.04. The molecule has 3 aromatic heterocycles. The molecule has 0 saturated carbocycles. The fraction of sp³-hybridized carbons (Fsp3) is 0.316. The number of aromatic nitrogens is 4. The Balaban J connectivity index is 1.38. The molecule has 2 amide bonds. The average molecular weight is 380 g/mol. The van der Waals surface area contributed by atoms with Crippen molar-refractivity contribution in [2.24, 2.45) is 0 Å². The Morgan fingerprint density at radius 1 is 1.36 bits per heavy atom. The van der Waals surface area contributed by atoms with Gasteiger partial charge in [-0.3, -0.25) is 19.7 Å². The van der Waals surface area contributed by atoms with Crippen LogP contribution >= 0.6 is 0 Å². The summed E-state index contributed by atoms with van der Waals surface area (Å²) < 4.78 is 5.12. The second-order valence-corrected chi connectivity index (χ2v) is 6.71. The summed E-state index contributed by atoms with van der Waals surface area (Å²) in [5, 5.41) is 13.7. The van der Waals surface area contributed by atoms with Crippen molar-refractivity contribution < 1.29 is 14.1 Å². The van der Waals surface area contributed by atoms with Crippen LogP contribution in [0.4, 0.5) is 0 Å². The highest BCUT2D eigenvalue weighted by Crippen LogP contribution is 2.21. The Hall–Kier alpha value is -3.49. The lowest BCUT2D eigenvalue weighted by atomic mass is 10.0. The van der Waals surface area contributed by atoms with Crippen LogP contribution in [0.3, 0.4) is 0 Å². The molecule has 9 nitrogen and oxygen atoms in total. The number of nitrogens with one attached hydrogen (secondary N) is 2. The molecule has 144 valence electrons. The number of aryl methyl sites for hydroxylation is 1. The van der Waals surface area contributed by atoms with Crippen LogP contribution in [0.25, 0.3) is 0 Å². The number of hydrogen-bond donors (Lipinski definition) is 2. The molecule has 2 N–H and O–H groups in total. The van der Waals surface area contributed by atoms with Crippen LogP contribution in [0.1, 0.15) is 38.9 Å². The average Bonchev–Trinajstić information content (AvgIpc) is 3.32. The fourth-order valence-electron chi connectivity index (χ4n) is 3.24. The number of H-pyrrole nitrogens is 1. The zero-order valence-electron chi connectivity index (χ0n) is 15.4. The maximum Gasteiger partial charge on any atom is 0.272 e. The summed E-state index contributed by atoms with van der Waals surface area (Å²) in [6.07, 6.45) is 2.42. The number of hydrogen-bond acceptors (Lipinski definition) is 6. The molecule has 0 fully saturated rings. The molecular formula is C19H20N6O3. The third kappa shape index (κ3) is 3.78. The Kier molecular flexibility index (Phi) is 4.88. The summed E-state index contributed by atoms with van der Waals surface area (Å²) in [5.41, 5.74) is 3.55. The Bertz CT molecular complexity index is 994. The number of fused-ring (bicyclic) bond motifs is 1. The molecule has 3 aromatic rings. The van der Waals surface area contributed by atoms with Crippen molar-refractivity contribution in [3.8, 4) is 0 Å². The molecule has 0 radical (unpaired) electrons. The smallest absolute Gasteiger partial charge is 0.272 e. The number of aromatic amines is 1.